The van der Waals surface area contributed by atoms with Crippen LogP contribution in [0.3, 0.4) is 0 Å². The first kappa shape index (κ1) is 19.6. The number of rotatable bonds is 5. The van der Waals surface area contributed by atoms with Crippen molar-refractivity contribution in [1.82, 2.24) is 0 Å². The number of sulfonamides is 1. The molecule has 0 spiro atoms. The van der Waals surface area contributed by atoms with Gasteiger partial charge in [-0.15, -0.1) is 0 Å². The second-order valence-electron chi connectivity index (χ2n) is 7.59. The third-order valence-electron chi connectivity index (χ3n) is 5.92. The fourth-order valence-corrected chi connectivity index (χ4v) is 6.76. The number of nitrogens with one attached hydrogen (secondary N) is 1. The highest BCUT2D eigenvalue weighted by molar-refractivity contribution is 7.95. The van der Waals surface area contributed by atoms with E-state index in [-0.39, 0.29) is 5.92 Å². The summed E-state index contributed by atoms with van der Waals surface area (Å²) in [4.78, 5) is 13.2. The molecule has 1 saturated heterocycles. The number of hydrogen-bond donors (Lipinski definition) is 1. The monoisotopic (exact) mass is 416 g/mol. The second-order valence-corrected chi connectivity index (χ2v) is 9.71. The molecule has 1 aliphatic heterocycles. The lowest BCUT2D eigenvalue weighted by Gasteiger charge is -2.26. The van der Waals surface area contributed by atoms with Gasteiger partial charge in [0.05, 0.1) is 25.6 Å². The van der Waals surface area contributed by atoms with E-state index < -0.39 is 20.7 Å². The maximum Gasteiger partial charge on any atom is 0.250 e. The molecule has 29 heavy (non-hydrogen) atoms. The van der Waals surface area contributed by atoms with Crippen molar-refractivity contribution in [3.05, 3.63) is 47.5 Å². The molecule has 1 heterocycles. The van der Waals surface area contributed by atoms with Crippen LogP contribution in [0.25, 0.3) is 0 Å². The van der Waals surface area contributed by atoms with Crippen molar-refractivity contribution in [3.63, 3.8) is 0 Å². The Bertz CT molecular complexity index is 1080. The molecule has 0 bridgehead atoms. The fourth-order valence-electron chi connectivity index (χ4n) is 4.27. The first-order valence-electron chi connectivity index (χ1n) is 9.38. The van der Waals surface area contributed by atoms with Crippen LogP contribution in [-0.4, -0.2) is 39.8 Å². The Labute approximate surface area is 170 Å². The Balaban J connectivity index is 1.66. The molecule has 2 fully saturated rings. The summed E-state index contributed by atoms with van der Waals surface area (Å²) in [6.45, 7) is 4.09. The van der Waals surface area contributed by atoms with Gasteiger partial charge in [-0.2, -0.15) is 0 Å². The largest absolute Gasteiger partial charge is 0.497 e. The van der Waals surface area contributed by atoms with E-state index in [1.807, 2.05) is 32.0 Å². The lowest BCUT2D eigenvalue weighted by atomic mass is 10.1. The number of aryl methyl sites for hydroxylation is 2. The van der Waals surface area contributed by atoms with Crippen molar-refractivity contribution >= 4 is 27.3 Å². The van der Waals surface area contributed by atoms with Gasteiger partial charge >= 0.3 is 0 Å². The Morgan fingerprint density at radius 1 is 1.14 bits per heavy atom. The molecule has 1 N–H and O–H groups in total. The normalized spacial score (nSPS) is 24.0. The van der Waals surface area contributed by atoms with E-state index in [1.54, 1.807) is 18.2 Å². The van der Waals surface area contributed by atoms with Crippen LogP contribution >= 0.6 is 0 Å². The molecule has 2 aliphatic rings. The summed E-state index contributed by atoms with van der Waals surface area (Å²) in [5.74, 6) is 0.251. The summed E-state index contributed by atoms with van der Waals surface area (Å²) in [7, 11) is -0.828. The van der Waals surface area contributed by atoms with Gasteiger partial charge in [-0.3, -0.25) is 9.10 Å². The molecule has 2 atom stereocenters. The molecule has 0 aromatic heterocycles. The van der Waals surface area contributed by atoms with Gasteiger partial charge in [-0.05, 0) is 43.5 Å². The molecule has 4 rings (SSSR count). The highest BCUT2D eigenvalue weighted by atomic mass is 32.2. The number of amides is 1. The molecular weight excluding hydrogens is 392 g/mol. The van der Waals surface area contributed by atoms with Crippen LogP contribution in [-0.2, 0) is 14.8 Å². The number of fused-ring (bicyclic) bond motifs is 1. The van der Waals surface area contributed by atoms with Crippen LogP contribution in [0, 0.1) is 19.8 Å². The van der Waals surface area contributed by atoms with Gasteiger partial charge in [0.2, 0.25) is 15.9 Å². The number of methoxy groups -OCH3 is 2. The predicted octanol–water partition coefficient (Wildman–Crippen LogP) is 2.87. The minimum absolute atomic E-state index is 0.226. The minimum Gasteiger partial charge on any atom is -0.497 e. The summed E-state index contributed by atoms with van der Waals surface area (Å²) in [5.41, 5.74) is 2.84. The van der Waals surface area contributed by atoms with Crippen molar-refractivity contribution in [2.45, 2.75) is 25.0 Å². The third-order valence-corrected chi connectivity index (χ3v) is 8.43. The quantitative estimate of drug-likeness (QED) is 0.810. The van der Waals surface area contributed by atoms with E-state index in [0.29, 0.717) is 35.8 Å². The van der Waals surface area contributed by atoms with Crippen LogP contribution in [0.5, 0.6) is 11.5 Å². The van der Waals surface area contributed by atoms with E-state index in [1.165, 1.54) is 18.5 Å². The Morgan fingerprint density at radius 3 is 2.45 bits per heavy atom. The zero-order valence-electron chi connectivity index (χ0n) is 16.9. The van der Waals surface area contributed by atoms with E-state index in [4.69, 9.17) is 9.47 Å². The Hall–Kier alpha value is -2.74. The van der Waals surface area contributed by atoms with Crippen molar-refractivity contribution in [2.24, 2.45) is 5.92 Å². The summed E-state index contributed by atoms with van der Waals surface area (Å²) < 4.78 is 37.4. The molecule has 0 radical (unpaired) electrons. The van der Waals surface area contributed by atoms with Crippen LogP contribution in [0.1, 0.15) is 17.5 Å². The number of hydrogen-bond acceptors (Lipinski definition) is 5. The number of anilines is 2. The molecule has 1 amide bonds. The van der Waals surface area contributed by atoms with Crippen molar-refractivity contribution < 1.29 is 22.7 Å². The van der Waals surface area contributed by atoms with Crippen molar-refractivity contribution in [3.8, 4) is 11.5 Å². The number of ether oxygens (including phenoxy) is 2. The summed E-state index contributed by atoms with van der Waals surface area (Å²) in [5, 5.41) is 2.77. The van der Waals surface area contributed by atoms with Crippen LogP contribution in [0.15, 0.2) is 36.4 Å². The number of benzene rings is 2. The zero-order valence-corrected chi connectivity index (χ0v) is 17.7. The highest BCUT2D eigenvalue weighted by Gasteiger charge is 2.76. The first-order chi connectivity index (χ1) is 13.8. The zero-order chi connectivity index (χ0) is 21.0. The maximum absolute atomic E-state index is 13.5. The number of carbonyl (C=O) groups is 1. The lowest BCUT2D eigenvalue weighted by Crippen LogP contribution is -2.42. The molecule has 2 aromatic rings. The van der Waals surface area contributed by atoms with Gasteiger partial charge in [0.25, 0.3) is 0 Å². The molecule has 1 saturated carbocycles. The van der Waals surface area contributed by atoms with Crippen LogP contribution in [0.2, 0.25) is 0 Å². The Kier molecular flexibility index (Phi) is 4.49. The molecule has 1 aliphatic carbocycles. The smallest absolute Gasteiger partial charge is 0.250 e. The van der Waals surface area contributed by atoms with Gasteiger partial charge in [0.1, 0.15) is 11.5 Å². The number of nitrogens with zero attached hydrogens (tertiary/aromatic N) is 1. The SMILES string of the molecule is COc1ccc(NC(=O)[C@@]23C[C@@H]2CN(c2c(C)cccc2C)S3(=O)=O)c(OC)c1. The van der Waals surface area contributed by atoms with Gasteiger partial charge in [-0.1, -0.05) is 18.2 Å². The molecule has 2 aromatic carbocycles. The molecule has 154 valence electrons. The minimum atomic E-state index is -3.85. The third kappa shape index (κ3) is 2.77. The van der Waals surface area contributed by atoms with Crippen LogP contribution < -0.4 is 19.1 Å². The van der Waals surface area contributed by atoms with Gasteiger partial charge < -0.3 is 14.8 Å². The van der Waals surface area contributed by atoms with E-state index in [0.717, 1.165) is 11.1 Å². The lowest BCUT2D eigenvalue weighted by molar-refractivity contribution is -0.116. The van der Waals surface area contributed by atoms with Gasteiger partial charge in [0.15, 0.2) is 4.75 Å². The Morgan fingerprint density at radius 2 is 1.83 bits per heavy atom. The number of carbonyl (C=O) groups excluding carboxylic acids is 1. The summed E-state index contributed by atoms with van der Waals surface area (Å²) >= 11 is 0. The summed E-state index contributed by atoms with van der Waals surface area (Å²) in [6.07, 6.45) is 0.334. The molecular formula is C21H24N2O5S. The van der Waals surface area contributed by atoms with Crippen LogP contribution in [0.4, 0.5) is 11.4 Å². The second kappa shape index (κ2) is 6.66. The fraction of sp³-hybridized carbons (Fsp3) is 0.381. The highest BCUT2D eigenvalue weighted by Crippen LogP contribution is 2.59. The standard InChI is InChI=1S/C21H24N2O5S/c1-13-6-5-7-14(2)19(13)23-12-15-11-21(15,29(23,25)26)20(24)22-17-9-8-16(27-3)10-18(17)28-4/h5-10,15H,11-12H2,1-4H3,(H,22,24)/t15-,21-/m1/s1. The van der Waals surface area contributed by atoms with Gasteiger partial charge in [-0.25, -0.2) is 8.42 Å². The van der Waals surface area contributed by atoms with Gasteiger partial charge in [0, 0.05) is 18.5 Å². The average Bonchev–Trinajstić information content (AvgIpc) is 3.38. The average molecular weight is 416 g/mol. The molecule has 8 heteroatoms. The topological polar surface area (TPSA) is 84.9 Å². The number of para-hydroxylation sites is 1. The predicted molar refractivity (Wildman–Crippen MR) is 111 cm³/mol. The van der Waals surface area contributed by atoms with Crippen molar-refractivity contribution in [2.75, 3.05) is 30.4 Å². The van der Waals surface area contributed by atoms with E-state index in [9.17, 15) is 13.2 Å². The van der Waals surface area contributed by atoms with E-state index >= 15 is 0 Å². The maximum atomic E-state index is 13.5. The molecule has 7 nitrogen and oxygen atoms in total. The van der Waals surface area contributed by atoms with Crippen molar-refractivity contribution in [1.29, 1.82) is 0 Å². The summed E-state index contributed by atoms with van der Waals surface area (Å²) in [6, 6.07) is 10.6. The van der Waals surface area contributed by atoms with E-state index in [2.05, 4.69) is 5.32 Å². The molecule has 0 unspecified atom stereocenters. The first-order valence-corrected chi connectivity index (χ1v) is 10.8.